The van der Waals surface area contributed by atoms with Crippen LogP contribution in [0.4, 0.5) is 11.8 Å². The summed E-state index contributed by atoms with van der Waals surface area (Å²) in [5.41, 5.74) is 5.18. The molecule has 1 saturated heterocycles. The second kappa shape index (κ2) is 5.07. The van der Waals surface area contributed by atoms with Gasteiger partial charge in [0, 0.05) is 32.1 Å². The number of nitrogens with zero attached hydrogens (tertiary/aromatic N) is 2. The third-order valence-corrected chi connectivity index (χ3v) is 2.98. The molecule has 0 bridgehead atoms. The Kier molecular flexibility index (Phi) is 3.50. The van der Waals surface area contributed by atoms with Gasteiger partial charge in [0.25, 0.3) is 5.56 Å². The largest absolute Gasteiger partial charge is 0.369 e. The van der Waals surface area contributed by atoms with Crippen molar-refractivity contribution in [2.45, 2.75) is 25.8 Å². The first-order chi connectivity index (χ1) is 8.54. The first-order valence-corrected chi connectivity index (χ1v) is 5.93. The van der Waals surface area contributed by atoms with Gasteiger partial charge >= 0.3 is 0 Å². The van der Waals surface area contributed by atoms with E-state index in [0.717, 1.165) is 19.4 Å². The number of nitrogens with one attached hydrogen (secondary N) is 2. The zero-order chi connectivity index (χ0) is 13.1. The van der Waals surface area contributed by atoms with Crippen molar-refractivity contribution in [1.29, 1.82) is 0 Å². The second-order valence-electron chi connectivity index (χ2n) is 4.46. The minimum atomic E-state index is -0.288. The summed E-state index contributed by atoms with van der Waals surface area (Å²) in [6.07, 6.45) is 1.88. The number of carbonyl (C=O) groups is 1. The lowest BCUT2D eigenvalue weighted by molar-refractivity contribution is -0.129. The molecule has 1 aliphatic heterocycles. The van der Waals surface area contributed by atoms with Gasteiger partial charge in [-0.1, -0.05) is 0 Å². The Labute approximate surface area is 104 Å². The predicted molar refractivity (Wildman–Crippen MR) is 68.2 cm³/mol. The Balaban J connectivity index is 2.04. The molecular weight excluding hydrogens is 234 g/mol. The number of nitrogen functional groups attached to an aromatic ring is 1. The molecule has 7 nitrogen and oxygen atoms in total. The summed E-state index contributed by atoms with van der Waals surface area (Å²) in [6, 6.07) is 1.47. The van der Waals surface area contributed by atoms with Crippen molar-refractivity contribution in [2.75, 3.05) is 24.1 Å². The van der Waals surface area contributed by atoms with E-state index in [9.17, 15) is 9.59 Å². The number of anilines is 2. The Morgan fingerprint density at radius 2 is 2.44 bits per heavy atom. The molecule has 0 spiro atoms. The molecule has 0 aromatic carbocycles. The number of H-pyrrole nitrogens is 1. The fourth-order valence-corrected chi connectivity index (χ4v) is 2.14. The van der Waals surface area contributed by atoms with Gasteiger partial charge < -0.3 is 16.0 Å². The van der Waals surface area contributed by atoms with E-state index in [1.165, 1.54) is 6.07 Å². The van der Waals surface area contributed by atoms with E-state index in [2.05, 4.69) is 15.3 Å². The summed E-state index contributed by atoms with van der Waals surface area (Å²) in [7, 11) is 0. The van der Waals surface area contributed by atoms with E-state index in [-0.39, 0.29) is 23.5 Å². The first kappa shape index (κ1) is 12.4. The van der Waals surface area contributed by atoms with E-state index in [0.29, 0.717) is 12.4 Å². The van der Waals surface area contributed by atoms with Gasteiger partial charge in [-0.2, -0.15) is 4.98 Å². The third-order valence-electron chi connectivity index (χ3n) is 2.98. The maximum atomic E-state index is 11.3. The zero-order valence-corrected chi connectivity index (χ0v) is 10.3. The highest BCUT2D eigenvalue weighted by Crippen LogP contribution is 2.14. The van der Waals surface area contributed by atoms with Crippen LogP contribution in [0.2, 0.25) is 0 Å². The Morgan fingerprint density at radius 1 is 1.67 bits per heavy atom. The van der Waals surface area contributed by atoms with Crippen LogP contribution in [0.3, 0.4) is 0 Å². The molecule has 1 fully saturated rings. The van der Waals surface area contributed by atoms with Crippen LogP contribution >= 0.6 is 0 Å². The molecule has 0 radical (unpaired) electrons. The van der Waals surface area contributed by atoms with Crippen LogP contribution in [0.25, 0.3) is 0 Å². The summed E-state index contributed by atoms with van der Waals surface area (Å²) in [6.45, 7) is 2.98. The van der Waals surface area contributed by atoms with Crippen LogP contribution in [-0.4, -0.2) is 39.9 Å². The van der Waals surface area contributed by atoms with Crippen molar-refractivity contribution in [3.05, 3.63) is 16.4 Å². The minimum absolute atomic E-state index is 0.0693. The average Bonchev–Trinajstić information content (AvgIpc) is 2.27. The monoisotopic (exact) mass is 251 g/mol. The maximum Gasteiger partial charge on any atom is 0.254 e. The summed E-state index contributed by atoms with van der Waals surface area (Å²) in [4.78, 5) is 30.7. The average molecular weight is 251 g/mol. The number of amides is 1. The standard InChI is InChI=1S/C11H17N5O2/c1-7(17)16-4-2-3-8(6-16)13-9-5-10(18)15-11(12)14-9/h5,8H,2-4,6H2,1H3,(H4,12,13,14,15,18)/t8-/m0/s1. The molecular formula is C11H17N5O2. The van der Waals surface area contributed by atoms with E-state index in [1.807, 2.05) is 0 Å². The zero-order valence-electron chi connectivity index (χ0n) is 10.3. The molecule has 1 amide bonds. The number of carbonyl (C=O) groups excluding carboxylic acids is 1. The van der Waals surface area contributed by atoms with Crippen LogP contribution < -0.4 is 16.6 Å². The van der Waals surface area contributed by atoms with E-state index in [4.69, 9.17) is 5.73 Å². The van der Waals surface area contributed by atoms with Crippen LogP contribution in [-0.2, 0) is 4.79 Å². The fourth-order valence-electron chi connectivity index (χ4n) is 2.14. The van der Waals surface area contributed by atoms with E-state index >= 15 is 0 Å². The van der Waals surface area contributed by atoms with Crippen molar-refractivity contribution in [3.8, 4) is 0 Å². The SMILES string of the molecule is CC(=O)N1CCC[C@H](Nc2cc(=O)[nH]c(N)n2)C1. The molecule has 0 saturated carbocycles. The maximum absolute atomic E-state index is 11.3. The van der Waals surface area contributed by atoms with Crippen LogP contribution in [0.5, 0.6) is 0 Å². The molecule has 7 heteroatoms. The molecule has 1 aromatic rings. The summed E-state index contributed by atoms with van der Waals surface area (Å²) in [5.74, 6) is 0.607. The van der Waals surface area contributed by atoms with Crippen molar-refractivity contribution in [2.24, 2.45) is 0 Å². The number of likely N-dealkylation sites (tertiary alicyclic amines) is 1. The van der Waals surface area contributed by atoms with Gasteiger partial charge in [-0.05, 0) is 12.8 Å². The van der Waals surface area contributed by atoms with E-state index in [1.54, 1.807) is 11.8 Å². The molecule has 1 aliphatic rings. The van der Waals surface area contributed by atoms with Crippen LogP contribution in [0, 0.1) is 0 Å². The molecule has 0 unspecified atom stereocenters. The smallest absolute Gasteiger partial charge is 0.254 e. The number of piperidine rings is 1. The molecule has 98 valence electrons. The highest BCUT2D eigenvalue weighted by Gasteiger charge is 2.21. The highest BCUT2D eigenvalue weighted by atomic mass is 16.2. The van der Waals surface area contributed by atoms with Gasteiger partial charge in [-0.3, -0.25) is 14.6 Å². The van der Waals surface area contributed by atoms with Crippen LogP contribution in [0.15, 0.2) is 10.9 Å². The van der Waals surface area contributed by atoms with Crippen molar-refractivity contribution in [3.63, 3.8) is 0 Å². The van der Waals surface area contributed by atoms with Crippen molar-refractivity contribution >= 4 is 17.7 Å². The number of hydrogen-bond acceptors (Lipinski definition) is 5. The number of hydrogen-bond donors (Lipinski definition) is 3. The number of aromatic amines is 1. The number of nitrogens with two attached hydrogens (primary N) is 1. The number of rotatable bonds is 2. The lowest BCUT2D eigenvalue weighted by Crippen LogP contribution is -2.44. The first-order valence-electron chi connectivity index (χ1n) is 5.93. The Bertz CT molecular complexity index is 498. The lowest BCUT2D eigenvalue weighted by atomic mass is 10.1. The highest BCUT2D eigenvalue weighted by molar-refractivity contribution is 5.73. The lowest BCUT2D eigenvalue weighted by Gasteiger charge is -2.32. The molecule has 0 aliphatic carbocycles. The van der Waals surface area contributed by atoms with Gasteiger partial charge in [0.15, 0.2) is 0 Å². The topological polar surface area (TPSA) is 104 Å². The van der Waals surface area contributed by atoms with Gasteiger partial charge in [0.1, 0.15) is 5.82 Å². The number of aromatic nitrogens is 2. The van der Waals surface area contributed by atoms with Crippen molar-refractivity contribution < 1.29 is 4.79 Å². The Hall–Kier alpha value is -2.05. The normalized spacial score (nSPS) is 19.6. The predicted octanol–water partition coefficient (Wildman–Crippen LogP) is -0.225. The van der Waals surface area contributed by atoms with E-state index < -0.39 is 0 Å². The van der Waals surface area contributed by atoms with Gasteiger partial charge in [0.2, 0.25) is 11.9 Å². The molecule has 4 N–H and O–H groups in total. The fraction of sp³-hybridized carbons (Fsp3) is 0.545. The van der Waals surface area contributed by atoms with Crippen LogP contribution in [0.1, 0.15) is 19.8 Å². The Morgan fingerprint density at radius 3 is 3.11 bits per heavy atom. The third kappa shape index (κ3) is 2.99. The summed E-state index contributed by atoms with van der Waals surface area (Å²) in [5, 5.41) is 3.14. The molecule has 2 heterocycles. The summed E-state index contributed by atoms with van der Waals surface area (Å²) >= 11 is 0. The second-order valence-corrected chi connectivity index (χ2v) is 4.46. The molecule has 1 atom stereocenters. The molecule has 2 rings (SSSR count). The quantitative estimate of drug-likeness (QED) is 0.673. The summed E-state index contributed by atoms with van der Waals surface area (Å²) < 4.78 is 0. The molecule has 1 aromatic heterocycles. The van der Waals surface area contributed by atoms with Gasteiger partial charge in [-0.25, -0.2) is 0 Å². The molecule has 18 heavy (non-hydrogen) atoms. The van der Waals surface area contributed by atoms with Gasteiger partial charge in [0.05, 0.1) is 0 Å². The van der Waals surface area contributed by atoms with Crippen molar-refractivity contribution in [1.82, 2.24) is 14.9 Å². The van der Waals surface area contributed by atoms with Gasteiger partial charge in [-0.15, -0.1) is 0 Å². The minimum Gasteiger partial charge on any atom is -0.369 e.